The molecule has 1 unspecified atom stereocenters. The second-order valence-electron chi connectivity index (χ2n) is 6.47. The molecule has 0 aromatic heterocycles. The fourth-order valence-electron chi connectivity index (χ4n) is 2.77. The number of aliphatic carboxylic acids is 1. The number of carboxylic acid groups (broad SMARTS) is 1. The van der Waals surface area contributed by atoms with Crippen molar-refractivity contribution in [2.75, 3.05) is 13.1 Å². The van der Waals surface area contributed by atoms with Gasteiger partial charge in [-0.1, -0.05) is 6.07 Å². The summed E-state index contributed by atoms with van der Waals surface area (Å²) in [6.07, 6.45) is 0.636. The average Bonchev–Trinajstić information content (AvgIpc) is 2.54. The number of esters is 1. The molecular formula is C17H23NO6S. The molecule has 1 fully saturated rings. The summed E-state index contributed by atoms with van der Waals surface area (Å²) in [6.45, 7) is 5.35. The Kier molecular flexibility index (Phi) is 5.84. The van der Waals surface area contributed by atoms with Crippen LogP contribution in [0, 0.1) is 12.8 Å². The number of rotatable bonds is 5. The molecule has 8 heteroatoms. The summed E-state index contributed by atoms with van der Waals surface area (Å²) >= 11 is 0. The summed E-state index contributed by atoms with van der Waals surface area (Å²) in [4.78, 5) is 23.3. The van der Waals surface area contributed by atoms with Crippen molar-refractivity contribution in [1.29, 1.82) is 0 Å². The van der Waals surface area contributed by atoms with Crippen LogP contribution in [0.4, 0.5) is 0 Å². The number of benzene rings is 1. The number of hydrogen-bond donors (Lipinski definition) is 1. The van der Waals surface area contributed by atoms with E-state index in [9.17, 15) is 18.0 Å². The predicted molar refractivity (Wildman–Crippen MR) is 90.8 cm³/mol. The molecule has 0 aliphatic carbocycles. The lowest BCUT2D eigenvalue weighted by Crippen LogP contribution is -2.42. The van der Waals surface area contributed by atoms with E-state index in [1.165, 1.54) is 16.4 Å². The molecule has 25 heavy (non-hydrogen) atoms. The van der Waals surface area contributed by atoms with E-state index in [4.69, 9.17) is 9.84 Å². The third-order valence-electron chi connectivity index (χ3n) is 4.14. The van der Waals surface area contributed by atoms with Crippen LogP contribution >= 0.6 is 0 Å². The molecular weight excluding hydrogens is 346 g/mol. The molecule has 138 valence electrons. The largest absolute Gasteiger partial charge is 0.481 e. The number of nitrogens with zero attached hydrogens (tertiary/aromatic N) is 1. The van der Waals surface area contributed by atoms with Gasteiger partial charge in [0.1, 0.15) is 0 Å². The zero-order valence-corrected chi connectivity index (χ0v) is 15.4. The number of ether oxygens (including phenoxy) is 1. The van der Waals surface area contributed by atoms with Crippen molar-refractivity contribution in [1.82, 2.24) is 4.31 Å². The number of hydrogen-bond acceptors (Lipinski definition) is 5. The van der Waals surface area contributed by atoms with Gasteiger partial charge in [0.05, 0.1) is 22.5 Å². The Balaban J connectivity index is 2.33. The first kappa shape index (κ1) is 19.4. The van der Waals surface area contributed by atoms with Gasteiger partial charge in [0.25, 0.3) is 0 Å². The number of sulfonamides is 1. The molecule has 7 nitrogen and oxygen atoms in total. The molecule has 0 amide bonds. The minimum absolute atomic E-state index is 0.0279. The van der Waals surface area contributed by atoms with E-state index in [2.05, 4.69) is 0 Å². The van der Waals surface area contributed by atoms with Crippen LogP contribution in [0.2, 0.25) is 0 Å². The van der Waals surface area contributed by atoms with E-state index in [1.54, 1.807) is 26.8 Å². The van der Waals surface area contributed by atoms with Crippen LogP contribution in [0.5, 0.6) is 0 Å². The van der Waals surface area contributed by atoms with Gasteiger partial charge in [0.2, 0.25) is 10.0 Å². The normalized spacial score (nSPS) is 19.0. The third kappa shape index (κ3) is 4.38. The van der Waals surface area contributed by atoms with Crippen molar-refractivity contribution in [3.8, 4) is 0 Å². The molecule has 0 radical (unpaired) electrons. The summed E-state index contributed by atoms with van der Waals surface area (Å²) in [5.41, 5.74) is 0.813. The zero-order valence-electron chi connectivity index (χ0n) is 14.6. The zero-order chi connectivity index (χ0) is 18.8. The highest BCUT2D eigenvalue weighted by Gasteiger charge is 2.33. The summed E-state index contributed by atoms with van der Waals surface area (Å²) in [7, 11) is -3.87. The SMILES string of the molecule is Cc1ccc(S(=O)(=O)N2CCCC(C(=O)O)C2)cc1C(=O)OC(C)C. The minimum atomic E-state index is -3.87. The van der Waals surface area contributed by atoms with Gasteiger partial charge in [0.15, 0.2) is 0 Å². The highest BCUT2D eigenvalue weighted by atomic mass is 32.2. The fraction of sp³-hybridized carbons (Fsp3) is 0.529. The van der Waals surface area contributed by atoms with Gasteiger partial charge in [-0.25, -0.2) is 13.2 Å². The van der Waals surface area contributed by atoms with E-state index in [0.717, 1.165) is 0 Å². The Bertz CT molecular complexity index is 771. The average molecular weight is 369 g/mol. The Morgan fingerprint density at radius 2 is 2.00 bits per heavy atom. The Hall–Kier alpha value is -1.93. The molecule has 1 atom stereocenters. The van der Waals surface area contributed by atoms with Crippen molar-refractivity contribution in [2.24, 2.45) is 5.92 Å². The van der Waals surface area contributed by atoms with Crippen molar-refractivity contribution in [3.63, 3.8) is 0 Å². The maximum Gasteiger partial charge on any atom is 0.338 e. The summed E-state index contributed by atoms with van der Waals surface area (Å²) in [6, 6.07) is 4.30. The van der Waals surface area contributed by atoms with Crippen LogP contribution < -0.4 is 0 Å². The van der Waals surface area contributed by atoms with Crippen molar-refractivity contribution in [3.05, 3.63) is 29.3 Å². The molecule has 1 aliphatic heterocycles. The van der Waals surface area contributed by atoms with Gasteiger partial charge in [-0.2, -0.15) is 4.31 Å². The van der Waals surface area contributed by atoms with Crippen molar-refractivity contribution < 1.29 is 27.9 Å². The predicted octanol–water partition coefficient (Wildman–Crippen LogP) is 2.05. The second kappa shape index (κ2) is 7.53. The van der Waals surface area contributed by atoms with Crippen LogP contribution in [-0.4, -0.2) is 49.0 Å². The van der Waals surface area contributed by atoms with Crippen molar-refractivity contribution >= 4 is 22.0 Å². The molecule has 1 aromatic rings. The minimum Gasteiger partial charge on any atom is -0.481 e. The molecule has 1 aliphatic rings. The van der Waals surface area contributed by atoms with Gasteiger partial charge in [0, 0.05) is 13.1 Å². The fourth-order valence-corrected chi connectivity index (χ4v) is 4.32. The first-order valence-electron chi connectivity index (χ1n) is 8.17. The van der Waals surface area contributed by atoms with Crippen LogP contribution in [0.25, 0.3) is 0 Å². The van der Waals surface area contributed by atoms with Gasteiger partial charge < -0.3 is 9.84 Å². The van der Waals surface area contributed by atoms with Gasteiger partial charge in [-0.05, 0) is 51.3 Å². The molecule has 1 aromatic carbocycles. The van der Waals surface area contributed by atoms with Gasteiger partial charge in [-0.3, -0.25) is 4.79 Å². The molecule has 0 saturated carbocycles. The van der Waals surface area contributed by atoms with Crippen LogP contribution in [0.15, 0.2) is 23.1 Å². The van der Waals surface area contributed by atoms with E-state index in [0.29, 0.717) is 18.4 Å². The van der Waals surface area contributed by atoms with Crippen LogP contribution in [0.1, 0.15) is 42.6 Å². The first-order chi connectivity index (χ1) is 11.6. The highest BCUT2D eigenvalue weighted by molar-refractivity contribution is 7.89. The Labute approximate surface area is 147 Å². The topological polar surface area (TPSA) is 101 Å². The number of aryl methyl sites for hydroxylation is 1. The quantitative estimate of drug-likeness (QED) is 0.797. The lowest BCUT2D eigenvalue weighted by molar-refractivity contribution is -0.142. The van der Waals surface area contributed by atoms with E-state index >= 15 is 0 Å². The maximum atomic E-state index is 12.8. The smallest absolute Gasteiger partial charge is 0.338 e. The highest BCUT2D eigenvalue weighted by Crippen LogP contribution is 2.25. The number of piperidine rings is 1. The van der Waals surface area contributed by atoms with Gasteiger partial charge >= 0.3 is 11.9 Å². The van der Waals surface area contributed by atoms with Crippen molar-refractivity contribution in [2.45, 2.75) is 44.6 Å². The second-order valence-corrected chi connectivity index (χ2v) is 8.41. The number of carboxylic acids is 1. The standard InChI is InChI=1S/C17H23NO6S/c1-11(2)24-17(21)15-9-14(7-6-12(15)3)25(22,23)18-8-4-5-13(10-18)16(19)20/h6-7,9,11,13H,4-5,8,10H2,1-3H3,(H,19,20). The van der Waals surface area contributed by atoms with Crippen LogP contribution in [0.3, 0.4) is 0 Å². The first-order valence-corrected chi connectivity index (χ1v) is 9.61. The number of carbonyl (C=O) groups is 2. The Morgan fingerprint density at radius 3 is 2.60 bits per heavy atom. The summed E-state index contributed by atoms with van der Waals surface area (Å²) < 4.78 is 32.0. The summed E-state index contributed by atoms with van der Waals surface area (Å²) in [5, 5.41) is 9.15. The number of carbonyl (C=O) groups excluding carboxylic acids is 1. The monoisotopic (exact) mass is 369 g/mol. The van der Waals surface area contributed by atoms with E-state index in [1.807, 2.05) is 0 Å². The third-order valence-corrected chi connectivity index (χ3v) is 6.00. The molecule has 0 bridgehead atoms. The Morgan fingerprint density at radius 1 is 1.32 bits per heavy atom. The van der Waals surface area contributed by atoms with Gasteiger partial charge in [-0.15, -0.1) is 0 Å². The van der Waals surface area contributed by atoms with E-state index < -0.39 is 27.9 Å². The lowest BCUT2D eigenvalue weighted by Gasteiger charge is -2.30. The van der Waals surface area contributed by atoms with Crippen LogP contribution in [-0.2, 0) is 19.6 Å². The molecule has 0 spiro atoms. The molecule has 1 heterocycles. The molecule has 1 N–H and O–H groups in total. The maximum absolute atomic E-state index is 12.8. The summed E-state index contributed by atoms with van der Waals surface area (Å²) in [5.74, 6) is -2.28. The molecule has 2 rings (SSSR count). The van der Waals surface area contributed by atoms with E-state index in [-0.39, 0.29) is 29.7 Å². The molecule has 1 saturated heterocycles. The lowest BCUT2D eigenvalue weighted by atomic mass is 10.0.